The third-order valence-corrected chi connectivity index (χ3v) is 4.21. The minimum absolute atomic E-state index is 0.0252. The highest BCUT2D eigenvalue weighted by Crippen LogP contribution is 2.29. The molecule has 2 amide bonds. The van der Waals surface area contributed by atoms with Crippen LogP contribution in [0.2, 0.25) is 0 Å². The molecule has 144 valence electrons. The summed E-state index contributed by atoms with van der Waals surface area (Å²) in [5.41, 5.74) is 0.901. The first-order chi connectivity index (χ1) is 13.3. The van der Waals surface area contributed by atoms with Gasteiger partial charge in [0.15, 0.2) is 0 Å². The Morgan fingerprint density at radius 2 is 1.68 bits per heavy atom. The molecular weight excluding hydrogens is 371 g/mol. The summed E-state index contributed by atoms with van der Waals surface area (Å²) < 4.78 is 39.7. The highest BCUT2D eigenvalue weighted by atomic mass is 19.4. The van der Waals surface area contributed by atoms with Crippen LogP contribution in [0.25, 0.3) is 10.9 Å². The van der Waals surface area contributed by atoms with Gasteiger partial charge in [0.1, 0.15) is 6.54 Å². The molecule has 3 aromatic rings. The molecule has 1 heterocycles. The molecule has 1 aromatic heterocycles. The largest absolute Gasteiger partial charge is 0.471 e. The van der Waals surface area contributed by atoms with Crippen molar-refractivity contribution in [3.8, 4) is 0 Å². The molecule has 2 aromatic carbocycles. The molecule has 0 aliphatic rings. The maximum atomic E-state index is 13.2. The highest BCUT2D eigenvalue weighted by Gasteiger charge is 2.44. The van der Waals surface area contributed by atoms with E-state index in [1.54, 1.807) is 48.5 Å². The third kappa shape index (κ3) is 3.95. The van der Waals surface area contributed by atoms with Crippen LogP contribution in [-0.2, 0) is 9.59 Å². The Morgan fingerprint density at radius 3 is 2.36 bits per heavy atom. The molecule has 0 bridgehead atoms. The number of carbonyl (C=O) groups excluding carboxylic acids is 2. The zero-order chi connectivity index (χ0) is 20.3. The van der Waals surface area contributed by atoms with Gasteiger partial charge in [0.05, 0.1) is 11.2 Å². The molecule has 3 rings (SSSR count). The number of nitrogens with zero attached hydrogens (tertiary/aromatic N) is 3. The minimum Gasteiger partial charge on any atom is -0.314 e. The van der Waals surface area contributed by atoms with Gasteiger partial charge < -0.3 is 4.90 Å². The van der Waals surface area contributed by atoms with Gasteiger partial charge in [0, 0.05) is 24.3 Å². The normalized spacial score (nSPS) is 11.3. The summed E-state index contributed by atoms with van der Waals surface area (Å²) in [6.07, 6.45) is -3.63. The number of halogens is 3. The van der Waals surface area contributed by atoms with Crippen molar-refractivity contribution in [2.24, 2.45) is 0 Å². The SMILES string of the molecule is CN(C(=O)CN(C(=O)C(F)(F)F)c1cccc2ncccc12)c1ccccc1. The van der Waals surface area contributed by atoms with Crippen LogP contribution in [-0.4, -0.2) is 36.6 Å². The number of amides is 2. The van der Waals surface area contributed by atoms with Crippen molar-refractivity contribution >= 4 is 34.1 Å². The summed E-state index contributed by atoms with van der Waals surface area (Å²) in [6.45, 7) is -0.766. The molecule has 0 fully saturated rings. The Labute approximate surface area is 159 Å². The number of fused-ring (bicyclic) bond motifs is 1. The first kappa shape index (κ1) is 19.3. The topological polar surface area (TPSA) is 53.5 Å². The van der Waals surface area contributed by atoms with Gasteiger partial charge in [-0.2, -0.15) is 13.2 Å². The molecule has 0 aliphatic heterocycles. The van der Waals surface area contributed by atoms with Crippen molar-refractivity contribution in [3.05, 3.63) is 66.9 Å². The average molecular weight is 387 g/mol. The van der Waals surface area contributed by atoms with E-state index in [1.807, 2.05) is 0 Å². The highest BCUT2D eigenvalue weighted by molar-refractivity contribution is 6.09. The molecule has 28 heavy (non-hydrogen) atoms. The van der Waals surface area contributed by atoms with Crippen LogP contribution in [0.5, 0.6) is 0 Å². The molecule has 5 nitrogen and oxygen atoms in total. The van der Waals surface area contributed by atoms with Crippen molar-refractivity contribution in [1.29, 1.82) is 0 Å². The second-order valence-corrected chi connectivity index (χ2v) is 6.02. The van der Waals surface area contributed by atoms with E-state index in [2.05, 4.69) is 4.98 Å². The predicted molar refractivity (Wildman–Crippen MR) is 100 cm³/mol. The monoisotopic (exact) mass is 387 g/mol. The van der Waals surface area contributed by atoms with Crippen molar-refractivity contribution in [2.45, 2.75) is 6.18 Å². The molecule has 0 atom stereocenters. The smallest absolute Gasteiger partial charge is 0.314 e. The molecule has 0 N–H and O–H groups in total. The van der Waals surface area contributed by atoms with Gasteiger partial charge in [-0.25, -0.2) is 0 Å². The van der Waals surface area contributed by atoms with Crippen LogP contribution in [0.15, 0.2) is 66.9 Å². The predicted octanol–water partition coefficient (Wildman–Crippen LogP) is 3.79. The van der Waals surface area contributed by atoms with E-state index < -0.39 is 24.5 Å². The second kappa shape index (κ2) is 7.67. The number of para-hydroxylation sites is 1. The minimum atomic E-state index is -5.13. The Balaban J connectivity index is 2.00. The Kier molecular flexibility index (Phi) is 5.30. The van der Waals surface area contributed by atoms with Gasteiger partial charge in [-0.15, -0.1) is 0 Å². The van der Waals surface area contributed by atoms with Gasteiger partial charge >= 0.3 is 12.1 Å². The van der Waals surface area contributed by atoms with Crippen LogP contribution in [0, 0.1) is 0 Å². The number of likely N-dealkylation sites (N-methyl/N-ethyl adjacent to an activating group) is 1. The standard InChI is InChI=1S/C20H16F3N3O2/c1-25(14-7-3-2-4-8-14)18(27)13-26(19(28)20(21,22)23)17-11-5-10-16-15(17)9-6-12-24-16/h2-12H,13H2,1H3. The molecule has 0 unspecified atom stereocenters. The Bertz CT molecular complexity index is 1000. The van der Waals surface area contributed by atoms with Gasteiger partial charge in [0.25, 0.3) is 0 Å². The van der Waals surface area contributed by atoms with E-state index in [4.69, 9.17) is 0 Å². The maximum absolute atomic E-state index is 13.2. The fourth-order valence-corrected chi connectivity index (χ4v) is 2.78. The van der Waals surface area contributed by atoms with Gasteiger partial charge in [-0.1, -0.05) is 24.3 Å². The maximum Gasteiger partial charge on any atom is 0.471 e. The van der Waals surface area contributed by atoms with E-state index in [1.165, 1.54) is 30.3 Å². The number of alkyl halides is 3. The van der Waals surface area contributed by atoms with Crippen molar-refractivity contribution in [2.75, 3.05) is 23.4 Å². The molecule has 0 spiro atoms. The summed E-state index contributed by atoms with van der Waals surface area (Å²) in [7, 11) is 1.44. The van der Waals surface area contributed by atoms with E-state index in [0.717, 1.165) is 0 Å². The first-order valence-corrected chi connectivity index (χ1v) is 8.33. The quantitative estimate of drug-likeness (QED) is 0.684. The molecular formula is C20H16F3N3O2. The van der Waals surface area contributed by atoms with Crippen molar-refractivity contribution < 1.29 is 22.8 Å². The van der Waals surface area contributed by atoms with Crippen LogP contribution >= 0.6 is 0 Å². The molecule has 0 saturated heterocycles. The number of hydrogen-bond donors (Lipinski definition) is 0. The van der Waals surface area contributed by atoms with Crippen molar-refractivity contribution in [1.82, 2.24) is 4.98 Å². The number of pyridine rings is 1. The van der Waals surface area contributed by atoms with Gasteiger partial charge in [-0.3, -0.25) is 19.5 Å². The lowest BCUT2D eigenvalue weighted by Gasteiger charge is -2.27. The van der Waals surface area contributed by atoms with Crippen LogP contribution in [0.1, 0.15) is 0 Å². The van der Waals surface area contributed by atoms with E-state index in [9.17, 15) is 22.8 Å². The van der Waals surface area contributed by atoms with Crippen molar-refractivity contribution in [3.63, 3.8) is 0 Å². The number of benzene rings is 2. The molecule has 8 heteroatoms. The van der Waals surface area contributed by atoms with Crippen LogP contribution in [0.3, 0.4) is 0 Å². The summed E-state index contributed by atoms with van der Waals surface area (Å²) in [6, 6.07) is 16.0. The van der Waals surface area contributed by atoms with E-state index in [0.29, 0.717) is 21.5 Å². The summed E-state index contributed by atoms with van der Waals surface area (Å²) in [4.78, 5) is 30.5. The molecule has 0 aliphatic carbocycles. The number of aromatic nitrogens is 1. The lowest BCUT2D eigenvalue weighted by Crippen LogP contribution is -2.47. The molecule has 0 radical (unpaired) electrons. The van der Waals surface area contributed by atoms with Gasteiger partial charge in [0.2, 0.25) is 5.91 Å². The third-order valence-electron chi connectivity index (χ3n) is 4.21. The number of hydrogen-bond acceptors (Lipinski definition) is 3. The van der Waals surface area contributed by atoms with Crippen LogP contribution < -0.4 is 9.80 Å². The Morgan fingerprint density at radius 1 is 0.964 bits per heavy atom. The summed E-state index contributed by atoms with van der Waals surface area (Å²) in [5, 5.41) is 0.345. The number of anilines is 2. The number of rotatable bonds is 4. The summed E-state index contributed by atoms with van der Waals surface area (Å²) >= 11 is 0. The first-order valence-electron chi connectivity index (χ1n) is 8.33. The molecule has 0 saturated carbocycles. The Hall–Kier alpha value is -3.42. The van der Waals surface area contributed by atoms with E-state index >= 15 is 0 Å². The zero-order valence-electron chi connectivity index (χ0n) is 14.8. The lowest BCUT2D eigenvalue weighted by molar-refractivity contribution is -0.170. The van der Waals surface area contributed by atoms with Gasteiger partial charge in [-0.05, 0) is 36.4 Å². The fourth-order valence-electron chi connectivity index (χ4n) is 2.78. The van der Waals surface area contributed by atoms with E-state index in [-0.39, 0.29) is 5.69 Å². The van der Waals surface area contributed by atoms with Crippen LogP contribution in [0.4, 0.5) is 24.5 Å². The lowest BCUT2D eigenvalue weighted by atomic mass is 10.1. The zero-order valence-corrected chi connectivity index (χ0v) is 14.8. The number of carbonyl (C=O) groups is 2. The fraction of sp³-hybridized carbons (Fsp3) is 0.150. The summed E-state index contributed by atoms with van der Waals surface area (Å²) in [5.74, 6) is -2.77. The average Bonchev–Trinajstić information content (AvgIpc) is 2.70. The second-order valence-electron chi connectivity index (χ2n) is 6.02.